The Balaban J connectivity index is 2.15. The third-order valence-electron chi connectivity index (χ3n) is 3.55. The van der Waals surface area contributed by atoms with E-state index >= 15 is 0 Å². The van der Waals surface area contributed by atoms with Gasteiger partial charge in [0, 0.05) is 23.2 Å². The molecule has 1 heterocycles. The molecule has 1 aromatic heterocycles. The normalized spacial score (nSPS) is 11.9. The third-order valence-corrected chi connectivity index (χ3v) is 5.41. The van der Waals surface area contributed by atoms with E-state index in [1.54, 1.807) is 0 Å². The summed E-state index contributed by atoms with van der Waals surface area (Å²) in [4.78, 5) is 27.5. The molecular formula is C16H11BrClN3O3S. The van der Waals surface area contributed by atoms with Crippen LogP contribution in [-0.4, -0.2) is 15.4 Å². The highest BCUT2D eigenvalue weighted by molar-refractivity contribution is 9.10. The molecule has 0 radical (unpaired) electrons. The number of amides is 1. The Morgan fingerprint density at radius 2 is 2.12 bits per heavy atom. The number of hydrogen-bond acceptors (Lipinski definition) is 4. The lowest BCUT2D eigenvalue weighted by Gasteiger charge is -2.01. The number of nitro benzene ring substituents is 1. The fraction of sp³-hybridized carbons (Fsp3) is 0.125. The molecule has 0 bridgehead atoms. The van der Waals surface area contributed by atoms with Crippen LogP contribution in [0.2, 0.25) is 5.02 Å². The van der Waals surface area contributed by atoms with Crippen LogP contribution >= 0.6 is 38.9 Å². The number of rotatable bonds is 3. The maximum atomic E-state index is 12.5. The molecule has 0 spiro atoms. The van der Waals surface area contributed by atoms with Crippen LogP contribution in [0.5, 0.6) is 0 Å². The maximum Gasteiger partial charge on any atom is 0.281 e. The molecule has 0 aliphatic rings. The van der Waals surface area contributed by atoms with Gasteiger partial charge in [0.1, 0.15) is 0 Å². The summed E-state index contributed by atoms with van der Waals surface area (Å²) in [5, 5.41) is 11.0. The number of nitro groups is 1. The van der Waals surface area contributed by atoms with Crippen molar-refractivity contribution in [3.8, 4) is 0 Å². The van der Waals surface area contributed by atoms with Gasteiger partial charge >= 0.3 is 0 Å². The summed E-state index contributed by atoms with van der Waals surface area (Å²) in [5.41, 5.74) is 0.774. The van der Waals surface area contributed by atoms with Gasteiger partial charge in [-0.3, -0.25) is 14.9 Å². The predicted octanol–water partition coefficient (Wildman–Crippen LogP) is 4.79. The number of carbonyl (C=O) groups is 1. The van der Waals surface area contributed by atoms with Crippen LogP contribution in [0.3, 0.4) is 0 Å². The first-order valence-corrected chi connectivity index (χ1v) is 9.21. The van der Waals surface area contributed by atoms with Crippen molar-refractivity contribution in [2.24, 2.45) is 4.99 Å². The second-order valence-electron chi connectivity index (χ2n) is 5.08. The lowest BCUT2D eigenvalue weighted by molar-refractivity contribution is -0.384. The number of halogens is 2. The topological polar surface area (TPSA) is 77.5 Å². The van der Waals surface area contributed by atoms with E-state index in [1.165, 1.54) is 23.5 Å². The average Bonchev–Trinajstić information content (AvgIpc) is 2.90. The number of nitrogens with zero attached hydrogens (tertiary/aromatic N) is 3. The molecule has 2 aromatic carbocycles. The minimum atomic E-state index is -0.610. The SMILES string of the molecule is CCn1c(=NC(=O)c2cc([N+](=O)[O-])ccc2Cl)sc2cc(Br)ccc21. The van der Waals surface area contributed by atoms with Gasteiger partial charge in [0.05, 0.1) is 25.7 Å². The Bertz CT molecular complexity index is 1070. The number of benzene rings is 2. The van der Waals surface area contributed by atoms with E-state index < -0.39 is 10.8 Å². The van der Waals surface area contributed by atoms with E-state index in [0.717, 1.165) is 20.8 Å². The van der Waals surface area contributed by atoms with E-state index in [1.807, 2.05) is 29.7 Å². The van der Waals surface area contributed by atoms with Crippen molar-refractivity contribution in [2.75, 3.05) is 0 Å². The number of non-ortho nitro benzene ring substituents is 1. The zero-order valence-corrected chi connectivity index (χ0v) is 16.1. The van der Waals surface area contributed by atoms with Gasteiger partial charge in [0.25, 0.3) is 11.6 Å². The summed E-state index contributed by atoms with van der Waals surface area (Å²) in [6, 6.07) is 9.55. The van der Waals surface area contributed by atoms with Crippen LogP contribution in [0, 0.1) is 10.1 Å². The smallest absolute Gasteiger partial charge is 0.281 e. The van der Waals surface area contributed by atoms with Gasteiger partial charge in [-0.05, 0) is 31.2 Å². The zero-order chi connectivity index (χ0) is 18.1. The van der Waals surface area contributed by atoms with Gasteiger partial charge in [0.2, 0.25) is 0 Å². The lowest BCUT2D eigenvalue weighted by Crippen LogP contribution is -2.16. The highest BCUT2D eigenvalue weighted by Crippen LogP contribution is 2.24. The Morgan fingerprint density at radius 3 is 2.80 bits per heavy atom. The summed E-state index contributed by atoms with van der Waals surface area (Å²) in [6.45, 7) is 2.59. The van der Waals surface area contributed by atoms with Crippen LogP contribution in [0.25, 0.3) is 10.2 Å². The molecule has 9 heteroatoms. The molecule has 0 fully saturated rings. The molecule has 6 nitrogen and oxygen atoms in total. The second kappa shape index (κ2) is 7.07. The third kappa shape index (κ3) is 3.51. The minimum absolute atomic E-state index is 0.0113. The summed E-state index contributed by atoms with van der Waals surface area (Å²) >= 11 is 10.8. The maximum absolute atomic E-state index is 12.5. The van der Waals surface area contributed by atoms with Crippen LogP contribution in [0.4, 0.5) is 5.69 Å². The molecule has 3 aromatic rings. The fourth-order valence-corrected chi connectivity index (χ4v) is 4.22. The predicted molar refractivity (Wildman–Crippen MR) is 101 cm³/mol. The molecule has 128 valence electrons. The van der Waals surface area contributed by atoms with E-state index in [-0.39, 0.29) is 16.3 Å². The Kier molecular flexibility index (Phi) is 5.03. The summed E-state index contributed by atoms with van der Waals surface area (Å²) in [7, 11) is 0. The van der Waals surface area contributed by atoms with E-state index in [0.29, 0.717) is 11.3 Å². The van der Waals surface area contributed by atoms with Gasteiger partial charge < -0.3 is 4.57 Å². The quantitative estimate of drug-likeness (QED) is 0.434. The van der Waals surface area contributed by atoms with Crippen molar-refractivity contribution >= 4 is 60.7 Å². The van der Waals surface area contributed by atoms with Crippen LogP contribution in [-0.2, 0) is 6.54 Å². The van der Waals surface area contributed by atoms with Crippen molar-refractivity contribution in [1.82, 2.24) is 4.57 Å². The van der Waals surface area contributed by atoms with Gasteiger partial charge in [-0.1, -0.05) is 38.9 Å². The lowest BCUT2D eigenvalue weighted by atomic mass is 10.2. The molecule has 0 saturated carbocycles. The second-order valence-corrected chi connectivity index (χ2v) is 7.41. The molecule has 0 aliphatic heterocycles. The molecule has 0 N–H and O–H groups in total. The van der Waals surface area contributed by atoms with Crippen LogP contribution in [0.15, 0.2) is 45.9 Å². The monoisotopic (exact) mass is 439 g/mol. The number of hydrogen-bond donors (Lipinski definition) is 0. The van der Waals surface area contributed by atoms with Crippen molar-refractivity contribution in [2.45, 2.75) is 13.5 Å². The molecule has 0 aliphatic carbocycles. The highest BCUT2D eigenvalue weighted by atomic mass is 79.9. The molecule has 25 heavy (non-hydrogen) atoms. The van der Waals surface area contributed by atoms with Gasteiger partial charge in [0.15, 0.2) is 4.80 Å². The van der Waals surface area contributed by atoms with E-state index in [4.69, 9.17) is 11.6 Å². The van der Waals surface area contributed by atoms with Crippen molar-refractivity contribution in [1.29, 1.82) is 0 Å². The Hall–Kier alpha value is -2.03. The molecule has 1 amide bonds. The van der Waals surface area contributed by atoms with Gasteiger partial charge in [-0.15, -0.1) is 0 Å². The Labute approximate surface area is 159 Å². The van der Waals surface area contributed by atoms with Crippen molar-refractivity contribution in [3.05, 3.63) is 66.4 Å². The standard InChI is InChI=1S/C16H11BrClN3O3S/c1-2-20-13-6-3-9(17)7-14(13)25-16(20)19-15(22)11-8-10(21(23)24)4-5-12(11)18/h3-8H,2H2,1H3. The molecular weight excluding hydrogens is 430 g/mol. The van der Waals surface area contributed by atoms with Gasteiger partial charge in [-0.2, -0.15) is 4.99 Å². The summed E-state index contributed by atoms with van der Waals surface area (Å²) in [6.07, 6.45) is 0. The number of aryl methyl sites for hydroxylation is 1. The summed E-state index contributed by atoms with van der Waals surface area (Å²) in [5.74, 6) is -0.610. The fourth-order valence-electron chi connectivity index (χ4n) is 2.38. The first kappa shape index (κ1) is 17.8. The number of fused-ring (bicyclic) bond motifs is 1. The van der Waals surface area contributed by atoms with Crippen LogP contribution in [0.1, 0.15) is 17.3 Å². The molecule has 0 saturated heterocycles. The number of aromatic nitrogens is 1. The number of carbonyl (C=O) groups excluding carboxylic acids is 1. The van der Waals surface area contributed by atoms with E-state index in [2.05, 4.69) is 20.9 Å². The Morgan fingerprint density at radius 1 is 1.36 bits per heavy atom. The molecule has 0 unspecified atom stereocenters. The van der Waals surface area contributed by atoms with Crippen LogP contribution < -0.4 is 4.80 Å². The molecule has 3 rings (SSSR count). The number of thiazole rings is 1. The highest BCUT2D eigenvalue weighted by Gasteiger charge is 2.16. The average molecular weight is 441 g/mol. The molecule has 0 atom stereocenters. The minimum Gasteiger partial charge on any atom is -0.317 e. The summed E-state index contributed by atoms with van der Waals surface area (Å²) < 4.78 is 3.83. The first-order chi connectivity index (χ1) is 11.9. The van der Waals surface area contributed by atoms with Crippen molar-refractivity contribution < 1.29 is 9.72 Å². The first-order valence-electron chi connectivity index (χ1n) is 7.22. The van der Waals surface area contributed by atoms with Crippen molar-refractivity contribution in [3.63, 3.8) is 0 Å². The zero-order valence-electron chi connectivity index (χ0n) is 12.9. The van der Waals surface area contributed by atoms with Gasteiger partial charge in [-0.25, -0.2) is 0 Å². The van der Waals surface area contributed by atoms with E-state index in [9.17, 15) is 14.9 Å². The largest absolute Gasteiger partial charge is 0.317 e.